The zero-order valence-electron chi connectivity index (χ0n) is 15.0. The highest BCUT2D eigenvalue weighted by molar-refractivity contribution is 7.89. The summed E-state index contributed by atoms with van der Waals surface area (Å²) < 4.78 is 64.6. The van der Waals surface area contributed by atoms with Crippen LogP contribution in [0.3, 0.4) is 0 Å². The van der Waals surface area contributed by atoms with Gasteiger partial charge >= 0.3 is 6.18 Å². The van der Waals surface area contributed by atoms with Crippen molar-refractivity contribution in [1.29, 1.82) is 0 Å². The molecule has 2 aromatic carbocycles. The molecule has 146 valence electrons. The second kappa shape index (κ2) is 7.69. The number of nitrogens with zero attached hydrogens (tertiary/aromatic N) is 1. The Morgan fingerprint density at radius 3 is 2.22 bits per heavy atom. The van der Waals surface area contributed by atoms with Crippen LogP contribution in [-0.2, 0) is 27.5 Å². The Hall–Kier alpha value is -2.39. The van der Waals surface area contributed by atoms with E-state index in [1.54, 1.807) is 19.1 Å². The summed E-state index contributed by atoms with van der Waals surface area (Å²) in [4.78, 5) is 11.2. The fraction of sp³-hybridized carbons (Fsp3) is 0.278. The predicted molar refractivity (Wildman–Crippen MR) is 95.6 cm³/mol. The number of hydrogen-bond acceptors (Lipinski definition) is 3. The van der Waals surface area contributed by atoms with E-state index in [0.29, 0.717) is 16.8 Å². The van der Waals surface area contributed by atoms with E-state index in [-0.39, 0.29) is 17.3 Å². The zero-order chi connectivity index (χ0) is 20.4. The van der Waals surface area contributed by atoms with Gasteiger partial charge in [-0.25, -0.2) is 8.42 Å². The molecule has 0 saturated carbocycles. The fourth-order valence-electron chi connectivity index (χ4n) is 2.47. The smallest absolute Gasteiger partial charge is 0.326 e. The highest BCUT2D eigenvalue weighted by Crippen LogP contribution is 2.29. The fourth-order valence-corrected chi connectivity index (χ4v) is 3.87. The molecular weight excluding hydrogens is 381 g/mol. The first-order valence-corrected chi connectivity index (χ1v) is 9.36. The van der Waals surface area contributed by atoms with E-state index in [9.17, 15) is 26.4 Å². The molecule has 0 spiro atoms. The Bertz CT molecular complexity index is 939. The highest BCUT2D eigenvalue weighted by atomic mass is 32.2. The van der Waals surface area contributed by atoms with E-state index >= 15 is 0 Å². The second-order valence-corrected chi connectivity index (χ2v) is 8.13. The average Bonchev–Trinajstić information content (AvgIpc) is 2.55. The Balaban J connectivity index is 2.27. The number of benzene rings is 2. The van der Waals surface area contributed by atoms with Crippen molar-refractivity contribution >= 4 is 21.6 Å². The minimum atomic E-state index is -4.45. The summed E-state index contributed by atoms with van der Waals surface area (Å²) >= 11 is 0. The molecule has 0 unspecified atom stereocenters. The molecule has 0 bridgehead atoms. The largest absolute Gasteiger partial charge is 0.416 e. The molecule has 27 heavy (non-hydrogen) atoms. The van der Waals surface area contributed by atoms with E-state index in [0.717, 1.165) is 16.4 Å². The number of nitrogens with one attached hydrogen (secondary N) is 1. The number of sulfonamides is 1. The van der Waals surface area contributed by atoms with Gasteiger partial charge in [0.1, 0.15) is 0 Å². The minimum Gasteiger partial charge on any atom is -0.326 e. The molecule has 0 heterocycles. The van der Waals surface area contributed by atoms with Crippen molar-refractivity contribution in [3.63, 3.8) is 0 Å². The van der Waals surface area contributed by atoms with E-state index in [1.807, 2.05) is 0 Å². The number of carbonyl (C=O) groups is 1. The maximum absolute atomic E-state index is 12.9. The zero-order valence-corrected chi connectivity index (χ0v) is 15.8. The van der Waals surface area contributed by atoms with Crippen molar-refractivity contribution in [1.82, 2.24) is 4.31 Å². The summed E-state index contributed by atoms with van der Waals surface area (Å²) in [6, 6.07) is 8.84. The summed E-state index contributed by atoms with van der Waals surface area (Å²) in [6.45, 7) is 2.84. The molecule has 0 saturated heterocycles. The van der Waals surface area contributed by atoms with E-state index in [1.165, 1.54) is 32.2 Å². The number of rotatable bonds is 5. The van der Waals surface area contributed by atoms with Gasteiger partial charge in [-0.1, -0.05) is 18.2 Å². The Kier molecular flexibility index (Phi) is 5.96. The van der Waals surface area contributed by atoms with Gasteiger partial charge in [0.05, 0.1) is 10.5 Å². The van der Waals surface area contributed by atoms with Gasteiger partial charge in [0.25, 0.3) is 0 Å². The molecule has 0 radical (unpaired) electrons. The lowest BCUT2D eigenvalue weighted by Gasteiger charge is -2.19. The van der Waals surface area contributed by atoms with E-state index in [2.05, 4.69) is 5.32 Å². The number of halogens is 3. The van der Waals surface area contributed by atoms with Crippen LogP contribution in [0.2, 0.25) is 0 Å². The molecule has 0 fully saturated rings. The van der Waals surface area contributed by atoms with Crippen molar-refractivity contribution in [3.8, 4) is 0 Å². The van der Waals surface area contributed by atoms with Crippen LogP contribution in [0.1, 0.15) is 23.6 Å². The first-order valence-electron chi connectivity index (χ1n) is 7.92. The third-order valence-electron chi connectivity index (χ3n) is 3.88. The topological polar surface area (TPSA) is 66.5 Å². The lowest BCUT2D eigenvalue weighted by Crippen LogP contribution is -2.27. The quantitative estimate of drug-likeness (QED) is 0.830. The van der Waals surface area contributed by atoms with Crippen LogP contribution in [-0.4, -0.2) is 25.7 Å². The summed E-state index contributed by atoms with van der Waals surface area (Å²) in [5.41, 5.74) is 0.457. The number of hydrogen-bond donors (Lipinski definition) is 1. The molecule has 2 aromatic rings. The molecule has 5 nitrogen and oxygen atoms in total. The number of carbonyl (C=O) groups excluding carboxylic acids is 1. The number of alkyl halides is 3. The molecule has 1 N–H and O–H groups in total. The Morgan fingerprint density at radius 1 is 1.11 bits per heavy atom. The molecule has 0 aliphatic carbocycles. The summed E-state index contributed by atoms with van der Waals surface area (Å²) in [5, 5.41) is 2.53. The maximum Gasteiger partial charge on any atom is 0.416 e. The highest BCUT2D eigenvalue weighted by Gasteiger charge is 2.30. The van der Waals surface area contributed by atoms with Crippen molar-refractivity contribution in [2.75, 3.05) is 12.4 Å². The monoisotopic (exact) mass is 400 g/mol. The van der Waals surface area contributed by atoms with Gasteiger partial charge in [-0.3, -0.25) is 4.79 Å². The minimum absolute atomic E-state index is 0.0168. The normalized spacial score (nSPS) is 12.3. The van der Waals surface area contributed by atoms with Gasteiger partial charge in [0, 0.05) is 26.2 Å². The van der Waals surface area contributed by atoms with Crippen LogP contribution in [0.25, 0.3) is 0 Å². The van der Waals surface area contributed by atoms with Crippen LogP contribution in [0.5, 0.6) is 0 Å². The second-order valence-electron chi connectivity index (χ2n) is 6.12. The van der Waals surface area contributed by atoms with Crippen LogP contribution < -0.4 is 5.32 Å². The maximum atomic E-state index is 12.9. The molecular formula is C18H19F3N2O3S. The van der Waals surface area contributed by atoms with Crippen LogP contribution in [0.4, 0.5) is 18.9 Å². The summed E-state index contributed by atoms with van der Waals surface area (Å²) in [6.07, 6.45) is -4.45. The lowest BCUT2D eigenvalue weighted by atomic mass is 10.1. The first-order chi connectivity index (χ1) is 12.4. The van der Waals surface area contributed by atoms with Gasteiger partial charge in [0.15, 0.2) is 0 Å². The van der Waals surface area contributed by atoms with Crippen LogP contribution in [0.15, 0.2) is 47.4 Å². The molecule has 1 amide bonds. The first kappa shape index (κ1) is 20.9. The van der Waals surface area contributed by atoms with Crippen LogP contribution >= 0.6 is 0 Å². The molecule has 0 aliphatic rings. The van der Waals surface area contributed by atoms with Crippen molar-refractivity contribution in [2.45, 2.75) is 31.5 Å². The molecule has 2 rings (SSSR count). The van der Waals surface area contributed by atoms with E-state index < -0.39 is 21.8 Å². The number of aryl methyl sites for hydroxylation is 1. The molecule has 0 atom stereocenters. The summed E-state index contributed by atoms with van der Waals surface area (Å²) in [7, 11) is -2.56. The molecule has 0 aliphatic heterocycles. The third kappa shape index (κ3) is 5.08. The van der Waals surface area contributed by atoms with Crippen molar-refractivity contribution in [3.05, 3.63) is 59.2 Å². The lowest BCUT2D eigenvalue weighted by molar-refractivity contribution is -0.137. The van der Waals surface area contributed by atoms with Crippen molar-refractivity contribution < 1.29 is 26.4 Å². The standard InChI is InChI=1S/C18H19F3N2O3S/c1-12-4-9-16(22-13(2)24)10-17(12)27(25,26)23(3)11-14-5-7-15(8-6-14)18(19,20)21/h4-10H,11H2,1-3H3,(H,22,24). The van der Waals surface area contributed by atoms with Crippen LogP contribution in [0, 0.1) is 6.92 Å². The summed E-state index contributed by atoms with van der Waals surface area (Å²) in [5.74, 6) is -0.333. The third-order valence-corrected chi connectivity index (χ3v) is 5.83. The van der Waals surface area contributed by atoms with Gasteiger partial charge in [0.2, 0.25) is 15.9 Å². The number of anilines is 1. The van der Waals surface area contributed by atoms with Gasteiger partial charge in [-0.05, 0) is 42.3 Å². The molecule has 0 aromatic heterocycles. The average molecular weight is 400 g/mol. The number of amides is 1. The Labute approximate surface area is 155 Å². The molecule has 9 heteroatoms. The Morgan fingerprint density at radius 2 is 1.70 bits per heavy atom. The predicted octanol–water partition coefficient (Wildman–Crippen LogP) is 3.79. The van der Waals surface area contributed by atoms with Gasteiger partial charge in [-0.2, -0.15) is 17.5 Å². The van der Waals surface area contributed by atoms with Gasteiger partial charge < -0.3 is 5.32 Å². The van der Waals surface area contributed by atoms with Crippen molar-refractivity contribution in [2.24, 2.45) is 0 Å². The van der Waals surface area contributed by atoms with E-state index in [4.69, 9.17) is 0 Å². The van der Waals surface area contributed by atoms with Gasteiger partial charge in [-0.15, -0.1) is 0 Å². The SMILES string of the molecule is CC(=O)Nc1ccc(C)c(S(=O)(=O)N(C)Cc2ccc(C(F)(F)F)cc2)c1.